The molecule has 1 saturated heterocycles. The standard InChI is InChI=1S/C12H24N2O2/c1-3-4-5-11(12(15)16-2)14-8-6-10(13)7-9-14/h10-11H,3-9,13H2,1-2H3. The Balaban J connectivity index is 2.50. The Hall–Kier alpha value is -0.610. The SMILES string of the molecule is CCCCC(C(=O)OC)N1CCC(N)CC1. The van der Waals surface area contributed by atoms with Crippen LogP contribution in [0.25, 0.3) is 0 Å². The number of hydrogen-bond acceptors (Lipinski definition) is 4. The number of carbonyl (C=O) groups is 1. The first-order chi connectivity index (χ1) is 7.69. The van der Waals surface area contributed by atoms with Gasteiger partial charge in [0.15, 0.2) is 0 Å². The van der Waals surface area contributed by atoms with Crippen molar-refractivity contribution in [2.24, 2.45) is 5.73 Å². The fourth-order valence-electron chi connectivity index (χ4n) is 2.21. The predicted octanol–water partition coefficient (Wildman–Crippen LogP) is 1.14. The number of rotatable bonds is 5. The summed E-state index contributed by atoms with van der Waals surface area (Å²) < 4.78 is 4.88. The van der Waals surface area contributed by atoms with Crippen molar-refractivity contribution in [2.75, 3.05) is 20.2 Å². The number of carbonyl (C=O) groups excluding carboxylic acids is 1. The van der Waals surface area contributed by atoms with E-state index in [4.69, 9.17) is 10.5 Å². The molecule has 0 bridgehead atoms. The van der Waals surface area contributed by atoms with Gasteiger partial charge in [0.2, 0.25) is 0 Å². The Kier molecular flexibility index (Phi) is 5.77. The summed E-state index contributed by atoms with van der Waals surface area (Å²) in [4.78, 5) is 13.9. The zero-order valence-corrected chi connectivity index (χ0v) is 10.4. The molecule has 1 unspecified atom stereocenters. The minimum atomic E-state index is -0.0936. The van der Waals surface area contributed by atoms with E-state index < -0.39 is 0 Å². The van der Waals surface area contributed by atoms with Crippen molar-refractivity contribution in [1.29, 1.82) is 0 Å². The van der Waals surface area contributed by atoms with Crippen LogP contribution in [0.5, 0.6) is 0 Å². The average molecular weight is 228 g/mol. The van der Waals surface area contributed by atoms with Crippen LogP contribution in [0, 0.1) is 0 Å². The molecule has 1 fully saturated rings. The van der Waals surface area contributed by atoms with E-state index in [2.05, 4.69) is 11.8 Å². The maximum absolute atomic E-state index is 11.7. The van der Waals surface area contributed by atoms with Gasteiger partial charge < -0.3 is 10.5 Å². The lowest BCUT2D eigenvalue weighted by Crippen LogP contribution is -2.48. The van der Waals surface area contributed by atoms with E-state index in [1.54, 1.807) is 0 Å². The van der Waals surface area contributed by atoms with Crippen molar-refractivity contribution in [1.82, 2.24) is 4.90 Å². The highest BCUT2D eigenvalue weighted by Crippen LogP contribution is 2.16. The molecule has 0 aromatic rings. The average Bonchev–Trinajstić information content (AvgIpc) is 2.31. The number of ether oxygens (including phenoxy) is 1. The summed E-state index contributed by atoms with van der Waals surface area (Å²) in [7, 11) is 1.47. The van der Waals surface area contributed by atoms with Gasteiger partial charge in [-0.2, -0.15) is 0 Å². The quantitative estimate of drug-likeness (QED) is 0.717. The molecule has 4 nitrogen and oxygen atoms in total. The monoisotopic (exact) mass is 228 g/mol. The minimum Gasteiger partial charge on any atom is -0.468 e. The van der Waals surface area contributed by atoms with Gasteiger partial charge in [-0.15, -0.1) is 0 Å². The van der Waals surface area contributed by atoms with E-state index in [0.717, 1.165) is 45.2 Å². The van der Waals surface area contributed by atoms with Crippen molar-refractivity contribution in [3.05, 3.63) is 0 Å². The molecule has 16 heavy (non-hydrogen) atoms. The van der Waals surface area contributed by atoms with E-state index in [0.29, 0.717) is 6.04 Å². The maximum Gasteiger partial charge on any atom is 0.323 e. The van der Waals surface area contributed by atoms with E-state index in [9.17, 15) is 4.79 Å². The third-order valence-electron chi connectivity index (χ3n) is 3.32. The molecule has 0 radical (unpaired) electrons. The van der Waals surface area contributed by atoms with Gasteiger partial charge in [0.25, 0.3) is 0 Å². The summed E-state index contributed by atoms with van der Waals surface area (Å²) in [6, 6.07) is 0.248. The van der Waals surface area contributed by atoms with Gasteiger partial charge in [0, 0.05) is 19.1 Å². The van der Waals surface area contributed by atoms with E-state index in [1.165, 1.54) is 7.11 Å². The van der Waals surface area contributed by atoms with Gasteiger partial charge in [0.1, 0.15) is 6.04 Å². The Morgan fingerprint density at radius 3 is 2.62 bits per heavy atom. The lowest BCUT2D eigenvalue weighted by atomic mass is 10.0. The Labute approximate surface area is 98.1 Å². The maximum atomic E-state index is 11.7. The fraction of sp³-hybridized carbons (Fsp3) is 0.917. The van der Waals surface area contributed by atoms with Gasteiger partial charge in [0.05, 0.1) is 7.11 Å². The van der Waals surface area contributed by atoms with Crippen molar-refractivity contribution in [2.45, 2.75) is 51.1 Å². The lowest BCUT2D eigenvalue weighted by Gasteiger charge is -2.35. The molecular formula is C12H24N2O2. The largest absolute Gasteiger partial charge is 0.468 e. The first kappa shape index (κ1) is 13.5. The zero-order chi connectivity index (χ0) is 12.0. The molecule has 1 aliphatic rings. The second-order valence-electron chi connectivity index (χ2n) is 4.55. The number of methoxy groups -OCH3 is 1. The van der Waals surface area contributed by atoms with Crippen LogP contribution in [0.1, 0.15) is 39.0 Å². The molecule has 0 aromatic heterocycles. The van der Waals surface area contributed by atoms with E-state index >= 15 is 0 Å². The zero-order valence-electron chi connectivity index (χ0n) is 10.4. The molecule has 4 heteroatoms. The summed E-state index contributed by atoms with van der Waals surface area (Å²) in [5, 5.41) is 0. The normalized spacial score (nSPS) is 20.7. The number of hydrogen-bond donors (Lipinski definition) is 1. The number of nitrogens with two attached hydrogens (primary N) is 1. The summed E-state index contributed by atoms with van der Waals surface area (Å²) in [6.45, 7) is 3.98. The third-order valence-corrected chi connectivity index (χ3v) is 3.32. The number of unbranched alkanes of at least 4 members (excludes halogenated alkanes) is 1. The van der Waals surface area contributed by atoms with Crippen LogP contribution in [0.15, 0.2) is 0 Å². The first-order valence-corrected chi connectivity index (χ1v) is 6.26. The predicted molar refractivity (Wildman–Crippen MR) is 64.1 cm³/mol. The topological polar surface area (TPSA) is 55.6 Å². The smallest absolute Gasteiger partial charge is 0.323 e. The molecule has 94 valence electrons. The van der Waals surface area contributed by atoms with Crippen molar-refractivity contribution in [3.8, 4) is 0 Å². The first-order valence-electron chi connectivity index (χ1n) is 6.26. The van der Waals surface area contributed by atoms with Crippen LogP contribution < -0.4 is 5.73 Å². The molecule has 1 rings (SSSR count). The summed E-state index contributed by atoms with van der Waals surface area (Å²) >= 11 is 0. The summed E-state index contributed by atoms with van der Waals surface area (Å²) in [6.07, 6.45) is 5.06. The third kappa shape index (κ3) is 3.76. The number of esters is 1. The van der Waals surface area contributed by atoms with Gasteiger partial charge in [-0.3, -0.25) is 9.69 Å². The van der Waals surface area contributed by atoms with E-state index in [1.807, 2.05) is 0 Å². The molecule has 1 atom stereocenters. The fourth-order valence-corrected chi connectivity index (χ4v) is 2.21. The molecule has 0 amide bonds. The van der Waals surface area contributed by atoms with Crippen molar-refractivity contribution in [3.63, 3.8) is 0 Å². The summed E-state index contributed by atoms with van der Waals surface area (Å²) in [5.74, 6) is -0.0936. The second kappa shape index (κ2) is 6.86. The highest BCUT2D eigenvalue weighted by Gasteiger charge is 2.28. The van der Waals surface area contributed by atoms with Gasteiger partial charge >= 0.3 is 5.97 Å². The Morgan fingerprint density at radius 2 is 2.12 bits per heavy atom. The number of likely N-dealkylation sites (tertiary alicyclic amines) is 1. The molecule has 1 aliphatic heterocycles. The van der Waals surface area contributed by atoms with Crippen LogP contribution in [0.3, 0.4) is 0 Å². The minimum absolute atomic E-state index is 0.0579. The molecule has 1 heterocycles. The molecule has 0 spiro atoms. The van der Waals surface area contributed by atoms with Crippen LogP contribution in [-0.2, 0) is 9.53 Å². The van der Waals surface area contributed by atoms with E-state index in [-0.39, 0.29) is 12.0 Å². The molecule has 2 N–H and O–H groups in total. The van der Waals surface area contributed by atoms with Crippen LogP contribution in [-0.4, -0.2) is 43.2 Å². The molecule has 0 aromatic carbocycles. The summed E-state index contributed by atoms with van der Waals surface area (Å²) in [5.41, 5.74) is 5.86. The second-order valence-corrected chi connectivity index (χ2v) is 4.55. The molecule has 0 saturated carbocycles. The van der Waals surface area contributed by atoms with Crippen LogP contribution >= 0.6 is 0 Å². The highest BCUT2D eigenvalue weighted by atomic mass is 16.5. The Bertz CT molecular complexity index is 213. The molecule has 0 aliphatic carbocycles. The lowest BCUT2D eigenvalue weighted by molar-refractivity contribution is -0.147. The van der Waals surface area contributed by atoms with Gasteiger partial charge in [-0.05, 0) is 19.3 Å². The van der Waals surface area contributed by atoms with Crippen molar-refractivity contribution >= 4 is 5.97 Å². The van der Waals surface area contributed by atoms with Gasteiger partial charge in [-0.25, -0.2) is 0 Å². The van der Waals surface area contributed by atoms with Gasteiger partial charge in [-0.1, -0.05) is 19.8 Å². The Morgan fingerprint density at radius 1 is 1.50 bits per heavy atom. The number of piperidine rings is 1. The number of nitrogens with zero attached hydrogens (tertiary/aromatic N) is 1. The van der Waals surface area contributed by atoms with Crippen LogP contribution in [0.2, 0.25) is 0 Å². The highest BCUT2D eigenvalue weighted by molar-refractivity contribution is 5.75. The van der Waals surface area contributed by atoms with Crippen molar-refractivity contribution < 1.29 is 9.53 Å². The van der Waals surface area contributed by atoms with Crippen LogP contribution in [0.4, 0.5) is 0 Å². The molecular weight excluding hydrogens is 204 g/mol.